The third-order valence-corrected chi connectivity index (χ3v) is 4.73. The van der Waals surface area contributed by atoms with Crippen molar-refractivity contribution in [2.75, 3.05) is 45.9 Å². The van der Waals surface area contributed by atoms with Gasteiger partial charge in [0.25, 0.3) is 0 Å². The predicted molar refractivity (Wildman–Crippen MR) is 103 cm³/mol. The fourth-order valence-electron chi connectivity index (χ4n) is 3.15. The first-order chi connectivity index (χ1) is 11.5. The van der Waals surface area contributed by atoms with E-state index in [-0.39, 0.29) is 0 Å². The van der Waals surface area contributed by atoms with Crippen LogP contribution < -0.4 is 0 Å². The van der Waals surface area contributed by atoms with Gasteiger partial charge in [0.05, 0.1) is 0 Å². The predicted octanol–water partition coefficient (Wildman–Crippen LogP) is 3.99. The van der Waals surface area contributed by atoms with E-state index in [0.29, 0.717) is 11.8 Å². The Morgan fingerprint density at radius 1 is 0.917 bits per heavy atom. The molecule has 3 nitrogen and oxygen atoms in total. The molecule has 1 aliphatic rings. The van der Waals surface area contributed by atoms with E-state index in [4.69, 9.17) is 4.74 Å². The average molecular weight is 333 g/mol. The van der Waals surface area contributed by atoms with Crippen LogP contribution in [0.15, 0.2) is 24.3 Å². The summed E-state index contributed by atoms with van der Waals surface area (Å²) in [6.07, 6.45) is 1.16. The van der Waals surface area contributed by atoms with Crippen LogP contribution >= 0.6 is 0 Å². The maximum absolute atomic E-state index is 5.68. The zero-order chi connectivity index (χ0) is 17.4. The minimum Gasteiger partial charge on any atom is -0.381 e. The van der Waals surface area contributed by atoms with Crippen LogP contribution in [0.4, 0.5) is 0 Å². The molecule has 0 bridgehead atoms. The highest BCUT2D eigenvalue weighted by molar-refractivity contribution is 5.24. The van der Waals surface area contributed by atoms with E-state index < -0.39 is 0 Å². The second-order valence-corrected chi connectivity index (χ2v) is 7.84. The molecule has 0 radical (unpaired) electrons. The first-order valence-corrected chi connectivity index (χ1v) is 9.66. The molecule has 1 heterocycles. The maximum atomic E-state index is 5.68. The summed E-state index contributed by atoms with van der Waals surface area (Å²) in [5, 5.41) is 0. The molecule has 2 rings (SSSR count). The lowest BCUT2D eigenvalue weighted by Crippen LogP contribution is -2.46. The largest absolute Gasteiger partial charge is 0.381 e. The second-order valence-electron chi connectivity index (χ2n) is 7.84. The molecule has 1 aromatic carbocycles. The van der Waals surface area contributed by atoms with E-state index in [9.17, 15) is 0 Å². The number of hydrogen-bond acceptors (Lipinski definition) is 3. The van der Waals surface area contributed by atoms with E-state index >= 15 is 0 Å². The summed E-state index contributed by atoms with van der Waals surface area (Å²) in [6.45, 7) is 17.7. The third-order valence-electron chi connectivity index (χ3n) is 4.73. The molecule has 3 heteroatoms. The first-order valence-electron chi connectivity index (χ1n) is 9.66. The Morgan fingerprint density at radius 3 is 2.12 bits per heavy atom. The summed E-state index contributed by atoms with van der Waals surface area (Å²) in [5.41, 5.74) is 2.87. The van der Waals surface area contributed by atoms with E-state index in [2.05, 4.69) is 61.8 Å². The van der Waals surface area contributed by atoms with Crippen LogP contribution in [0.2, 0.25) is 0 Å². The number of hydrogen-bond donors (Lipinski definition) is 0. The summed E-state index contributed by atoms with van der Waals surface area (Å²) < 4.78 is 5.68. The molecule has 1 saturated heterocycles. The molecule has 0 amide bonds. The van der Waals surface area contributed by atoms with Gasteiger partial charge in [-0.3, -0.25) is 4.90 Å². The van der Waals surface area contributed by atoms with Crippen LogP contribution in [-0.2, 0) is 11.3 Å². The van der Waals surface area contributed by atoms with Crippen LogP contribution in [0.25, 0.3) is 0 Å². The van der Waals surface area contributed by atoms with E-state index in [0.717, 1.165) is 26.2 Å². The van der Waals surface area contributed by atoms with Crippen molar-refractivity contribution in [3.63, 3.8) is 0 Å². The molecular weight excluding hydrogens is 296 g/mol. The molecule has 24 heavy (non-hydrogen) atoms. The van der Waals surface area contributed by atoms with Gasteiger partial charge in [0.2, 0.25) is 0 Å². The normalized spacial score (nSPS) is 17.1. The summed E-state index contributed by atoms with van der Waals surface area (Å²) in [5.74, 6) is 1.26. The van der Waals surface area contributed by atoms with E-state index in [1.165, 1.54) is 43.9 Å². The standard InChI is InChI=1S/C21H36N2O/c1-18(2)17-24-15-5-10-22-11-13-23(14-12-22)16-20-6-8-21(9-7-20)19(3)4/h6-9,18-19H,5,10-17H2,1-4H3. The maximum Gasteiger partial charge on any atom is 0.0489 e. The molecular formula is C21H36N2O. The lowest BCUT2D eigenvalue weighted by atomic mass is 10.0. The molecule has 1 fully saturated rings. The number of ether oxygens (including phenoxy) is 1. The molecule has 0 saturated carbocycles. The van der Waals surface area contributed by atoms with E-state index in [1.807, 2.05) is 0 Å². The molecule has 0 aliphatic carbocycles. The number of benzene rings is 1. The zero-order valence-electron chi connectivity index (χ0n) is 16.1. The lowest BCUT2D eigenvalue weighted by molar-refractivity contribution is 0.0851. The molecule has 1 aliphatic heterocycles. The van der Waals surface area contributed by atoms with Gasteiger partial charge in [0.15, 0.2) is 0 Å². The summed E-state index contributed by atoms with van der Waals surface area (Å²) in [6, 6.07) is 9.17. The van der Waals surface area contributed by atoms with Gasteiger partial charge in [0, 0.05) is 52.5 Å². The Labute approximate surface area is 149 Å². The topological polar surface area (TPSA) is 15.7 Å². The quantitative estimate of drug-likeness (QED) is 0.636. The Morgan fingerprint density at radius 2 is 1.54 bits per heavy atom. The minimum absolute atomic E-state index is 0.618. The van der Waals surface area contributed by atoms with Gasteiger partial charge in [-0.2, -0.15) is 0 Å². The monoisotopic (exact) mass is 332 g/mol. The van der Waals surface area contributed by atoms with Crippen molar-refractivity contribution in [2.24, 2.45) is 5.92 Å². The van der Waals surface area contributed by atoms with Crippen LogP contribution in [0, 0.1) is 5.92 Å². The van der Waals surface area contributed by atoms with Crippen LogP contribution in [0.1, 0.15) is 51.2 Å². The Kier molecular flexibility index (Phi) is 8.23. The molecule has 0 unspecified atom stereocenters. The van der Waals surface area contributed by atoms with Crippen molar-refractivity contribution in [3.8, 4) is 0 Å². The van der Waals surface area contributed by atoms with E-state index in [1.54, 1.807) is 0 Å². The van der Waals surface area contributed by atoms with Crippen molar-refractivity contribution in [1.82, 2.24) is 9.80 Å². The van der Waals surface area contributed by atoms with Gasteiger partial charge in [-0.05, 0) is 29.4 Å². The average Bonchev–Trinajstić information content (AvgIpc) is 2.56. The Hall–Kier alpha value is -0.900. The third kappa shape index (κ3) is 6.92. The summed E-state index contributed by atoms with van der Waals surface area (Å²) in [7, 11) is 0. The summed E-state index contributed by atoms with van der Waals surface area (Å²) >= 11 is 0. The van der Waals surface area contributed by atoms with Gasteiger partial charge >= 0.3 is 0 Å². The van der Waals surface area contributed by atoms with Crippen molar-refractivity contribution in [1.29, 1.82) is 0 Å². The molecule has 1 aromatic rings. The Bertz CT molecular complexity index is 447. The SMILES string of the molecule is CC(C)COCCCN1CCN(Cc2ccc(C(C)C)cc2)CC1. The van der Waals surface area contributed by atoms with Crippen molar-refractivity contribution >= 4 is 0 Å². The summed E-state index contributed by atoms with van der Waals surface area (Å²) in [4.78, 5) is 5.16. The van der Waals surface area contributed by atoms with Gasteiger partial charge < -0.3 is 9.64 Å². The first kappa shape index (κ1) is 19.4. The second kappa shape index (κ2) is 10.2. The highest BCUT2D eigenvalue weighted by Gasteiger charge is 2.16. The van der Waals surface area contributed by atoms with Crippen LogP contribution in [0.5, 0.6) is 0 Å². The van der Waals surface area contributed by atoms with Gasteiger partial charge in [-0.25, -0.2) is 0 Å². The fraction of sp³-hybridized carbons (Fsp3) is 0.714. The van der Waals surface area contributed by atoms with Crippen molar-refractivity contribution in [2.45, 2.75) is 46.6 Å². The Balaban J connectivity index is 1.62. The van der Waals surface area contributed by atoms with Crippen LogP contribution in [-0.4, -0.2) is 55.7 Å². The van der Waals surface area contributed by atoms with Gasteiger partial charge in [-0.1, -0.05) is 52.0 Å². The molecule has 136 valence electrons. The highest BCUT2D eigenvalue weighted by atomic mass is 16.5. The minimum atomic E-state index is 0.618. The van der Waals surface area contributed by atoms with Gasteiger partial charge in [-0.15, -0.1) is 0 Å². The van der Waals surface area contributed by atoms with Crippen molar-refractivity contribution in [3.05, 3.63) is 35.4 Å². The highest BCUT2D eigenvalue weighted by Crippen LogP contribution is 2.16. The lowest BCUT2D eigenvalue weighted by Gasteiger charge is -2.34. The molecule has 0 spiro atoms. The van der Waals surface area contributed by atoms with Gasteiger partial charge in [0.1, 0.15) is 0 Å². The number of piperazine rings is 1. The molecule has 0 aromatic heterocycles. The number of rotatable bonds is 9. The number of nitrogens with zero attached hydrogens (tertiary/aromatic N) is 2. The zero-order valence-corrected chi connectivity index (χ0v) is 16.1. The van der Waals surface area contributed by atoms with Crippen molar-refractivity contribution < 1.29 is 4.74 Å². The fourth-order valence-corrected chi connectivity index (χ4v) is 3.15. The molecule has 0 atom stereocenters. The van der Waals surface area contributed by atoms with Crippen LogP contribution in [0.3, 0.4) is 0 Å². The smallest absolute Gasteiger partial charge is 0.0489 e. The molecule has 0 N–H and O–H groups in total.